The molecule has 0 atom stereocenters. The number of H-pyrrole nitrogens is 1. The van der Waals surface area contributed by atoms with E-state index in [9.17, 15) is 18.0 Å². The SMILES string of the molecule is O=C(Nc1nccs1)c1cn(CC2CC2)c2cc(C(F)(F)F)ccc12.c1ccc2[nH]ccc2c1. The second-order valence-electron chi connectivity index (χ2n) is 8.22. The first kappa shape index (κ1) is 22.2. The minimum absolute atomic E-state index is 0.361. The molecule has 0 unspecified atom stereocenters. The number of anilines is 1. The molecular formula is C25H21F3N4OS. The molecule has 1 aliphatic rings. The minimum atomic E-state index is -4.41. The summed E-state index contributed by atoms with van der Waals surface area (Å²) >= 11 is 1.29. The number of amides is 1. The van der Waals surface area contributed by atoms with Gasteiger partial charge in [-0.15, -0.1) is 11.3 Å². The third-order valence-electron chi connectivity index (χ3n) is 5.72. The summed E-state index contributed by atoms with van der Waals surface area (Å²) in [6, 6.07) is 13.8. The minimum Gasteiger partial charge on any atom is -0.361 e. The highest BCUT2D eigenvalue weighted by molar-refractivity contribution is 7.13. The molecule has 2 aromatic carbocycles. The van der Waals surface area contributed by atoms with Crippen molar-refractivity contribution >= 4 is 44.2 Å². The van der Waals surface area contributed by atoms with Gasteiger partial charge in [-0.2, -0.15) is 13.2 Å². The van der Waals surface area contributed by atoms with Crippen LogP contribution in [0.25, 0.3) is 21.8 Å². The number of carbonyl (C=O) groups excluding carboxylic acids is 1. The number of benzene rings is 2. The zero-order valence-electron chi connectivity index (χ0n) is 18.0. The van der Waals surface area contributed by atoms with Crippen LogP contribution in [0.2, 0.25) is 0 Å². The van der Waals surface area contributed by atoms with Crippen molar-refractivity contribution in [2.45, 2.75) is 25.6 Å². The highest BCUT2D eigenvalue weighted by Gasteiger charge is 2.32. The van der Waals surface area contributed by atoms with E-state index in [0.29, 0.717) is 34.1 Å². The van der Waals surface area contributed by atoms with Crippen molar-refractivity contribution in [2.24, 2.45) is 5.92 Å². The van der Waals surface area contributed by atoms with E-state index < -0.39 is 11.7 Å². The predicted molar refractivity (Wildman–Crippen MR) is 128 cm³/mol. The number of nitrogens with zero attached hydrogens (tertiary/aromatic N) is 2. The van der Waals surface area contributed by atoms with Crippen molar-refractivity contribution in [3.05, 3.63) is 83.6 Å². The lowest BCUT2D eigenvalue weighted by Gasteiger charge is -2.08. The number of aromatic amines is 1. The smallest absolute Gasteiger partial charge is 0.361 e. The van der Waals surface area contributed by atoms with Gasteiger partial charge in [-0.1, -0.05) is 24.3 Å². The number of nitrogens with one attached hydrogen (secondary N) is 2. The Kier molecular flexibility index (Phi) is 5.87. The van der Waals surface area contributed by atoms with Crippen molar-refractivity contribution in [2.75, 3.05) is 5.32 Å². The fourth-order valence-electron chi connectivity index (χ4n) is 3.82. The van der Waals surface area contributed by atoms with E-state index >= 15 is 0 Å². The van der Waals surface area contributed by atoms with Gasteiger partial charge in [0.05, 0.1) is 11.1 Å². The van der Waals surface area contributed by atoms with Gasteiger partial charge in [0.2, 0.25) is 0 Å². The summed E-state index contributed by atoms with van der Waals surface area (Å²) in [4.78, 5) is 19.7. The summed E-state index contributed by atoms with van der Waals surface area (Å²) in [5.41, 5.74) is 1.30. The van der Waals surface area contributed by atoms with Crippen molar-refractivity contribution in [1.29, 1.82) is 0 Å². The molecular weight excluding hydrogens is 461 g/mol. The van der Waals surface area contributed by atoms with Crippen LogP contribution in [0.5, 0.6) is 0 Å². The highest BCUT2D eigenvalue weighted by atomic mass is 32.1. The van der Waals surface area contributed by atoms with Crippen LogP contribution in [0.4, 0.5) is 18.3 Å². The lowest BCUT2D eigenvalue weighted by molar-refractivity contribution is -0.137. The third kappa shape index (κ3) is 4.84. The van der Waals surface area contributed by atoms with Crippen LogP contribution in [-0.4, -0.2) is 20.4 Å². The average molecular weight is 483 g/mol. The number of thiazole rings is 1. The van der Waals surface area contributed by atoms with E-state index in [1.807, 2.05) is 18.3 Å². The third-order valence-corrected chi connectivity index (χ3v) is 6.41. The highest BCUT2D eigenvalue weighted by Crippen LogP contribution is 2.36. The van der Waals surface area contributed by atoms with Gasteiger partial charge in [-0.25, -0.2) is 4.98 Å². The Morgan fingerprint density at radius 2 is 2.00 bits per heavy atom. The van der Waals surface area contributed by atoms with Gasteiger partial charge < -0.3 is 9.55 Å². The summed E-state index contributed by atoms with van der Waals surface area (Å²) in [5, 5.41) is 6.68. The Balaban J connectivity index is 0.000000222. The van der Waals surface area contributed by atoms with Crippen LogP contribution >= 0.6 is 11.3 Å². The molecule has 1 aliphatic carbocycles. The van der Waals surface area contributed by atoms with Gasteiger partial charge in [0.25, 0.3) is 5.91 Å². The molecule has 0 aliphatic heterocycles. The molecule has 5 nitrogen and oxygen atoms in total. The first-order valence-corrected chi connectivity index (χ1v) is 11.7. The number of carbonyl (C=O) groups is 1. The molecule has 1 amide bonds. The summed E-state index contributed by atoms with van der Waals surface area (Å²) in [7, 11) is 0. The lowest BCUT2D eigenvalue weighted by atomic mass is 10.1. The monoisotopic (exact) mass is 482 g/mol. The number of para-hydroxylation sites is 1. The predicted octanol–water partition coefficient (Wildman–Crippen LogP) is 6.95. The Labute approximate surface area is 197 Å². The molecule has 5 aromatic rings. The van der Waals surface area contributed by atoms with E-state index in [-0.39, 0.29) is 5.91 Å². The molecule has 1 saturated carbocycles. The Morgan fingerprint density at radius 1 is 1.18 bits per heavy atom. The van der Waals surface area contributed by atoms with Crippen molar-refractivity contribution in [3.8, 4) is 0 Å². The summed E-state index contributed by atoms with van der Waals surface area (Å²) < 4.78 is 40.9. The number of hydrogen-bond acceptors (Lipinski definition) is 3. The van der Waals surface area contributed by atoms with E-state index in [1.54, 1.807) is 22.3 Å². The van der Waals surface area contributed by atoms with Crippen LogP contribution in [0.15, 0.2) is 72.5 Å². The molecule has 1 fully saturated rings. The van der Waals surface area contributed by atoms with Crippen molar-refractivity contribution in [3.63, 3.8) is 0 Å². The van der Waals surface area contributed by atoms with E-state index in [2.05, 4.69) is 33.5 Å². The first-order chi connectivity index (χ1) is 16.4. The zero-order chi connectivity index (χ0) is 23.7. The average Bonchev–Trinajstić information content (AvgIpc) is 3.19. The van der Waals surface area contributed by atoms with Crippen LogP contribution < -0.4 is 5.32 Å². The van der Waals surface area contributed by atoms with Crippen molar-refractivity contribution in [1.82, 2.24) is 14.5 Å². The quantitative estimate of drug-likeness (QED) is 0.291. The molecule has 3 heterocycles. The summed E-state index contributed by atoms with van der Waals surface area (Å²) in [5.74, 6) is 0.106. The maximum atomic E-state index is 13.0. The van der Waals surface area contributed by atoms with Gasteiger partial charge in [0.1, 0.15) is 0 Å². The van der Waals surface area contributed by atoms with Gasteiger partial charge in [0, 0.05) is 46.9 Å². The molecule has 34 heavy (non-hydrogen) atoms. The molecule has 2 N–H and O–H groups in total. The summed E-state index contributed by atoms with van der Waals surface area (Å²) in [6.07, 6.45) is 2.90. The number of aromatic nitrogens is 3. The zero-order valence-corrected chi connectivity index (χ0v) is 18.8. The topological polar surface area (TPSA) is 62.7 Å². The lowest BCUT2D eigenvalue weighted by Crippen LogP contribution is -2.11. The van der Waals surface area contributed by atoms with E-state index in [1.165, 1.54) is 28.3 Å². The molecule has 0 bridgehead atoms. The maximum Gasteiger partial charge on any atom is 0.416 e. The molecule has 0 spiro atoms. The number of hydrogen-bond donors (Lipinski definition) is 2. The van der Waals surface area contributed by atoms with Gasteiger partial charge >= 0.3 is 6.18 Å². The normalized spacial score (nSPS) is 13.6. The molecule has 174 valence electrons. The van der Waals surface area contributed by atoms with E-state index in [0.717, 1.165) is 25.0 Å². The van der Waals surface area contributed by atoms with Crippen LogP contribution in [0.3, 0.4) is 0 Å². The van der Waals surface area contributed by atoms with E-state index in [4.69, 9.17) is 0 Å². The van der Waals surface area contributed by atoms with Gasteiger partial charge in [-0.3, -0.25) is 10.1 Å². The largest absolute Gasteiger partial charge is 0.416 e. The Hall–Kier alpha value is -3.59. The number of alkyl halides is 3. The summed E-state index contributed by atoms with van der Waals surface area (Å²) in [6.45, 7) is 0.627. The van der Waals surface area contributed by atoms with Crippen LogP contribution in [0, 0.1) is 5.92 Å². The van der Waals surface area contributed by atoms with Gasteiger partial charge in [0.15, 0.2) is 5.13 Å². The number of rotatable bonds is 4. The fraction of sp³-hybridized carbons (Fsp3) is 0.200. The van der Waals surface area contributed by atoms with Crippen LogP contribution in [0.1, 0.15) is 28.8 Å². The van der Waals surface area contributed by atoms with Gasteiger partial charge in [-0.05, 0) is 48.4 Å². The molecule has 3 aromatic heterocycles. The first-order valence-electron chi connectivity index (χ1n) is 10.8. The molecule has 6 rings (SSSR count). The molecule has 0 radical (unpaired) electrons. The fourth-order valence-corrected chi connectivity index (χ4v) is 4.35. The Morgan fingerprint density at radius 3 is 2.71 bits per heavy atom. The second-order valence-corrected chi connectivity index (χ2v) is 9.12. The molecule has 9 heteroatoms. The maximum absolute atomic E-state index is 13.0. The second kappa shape index (κ2) is 8.98. The molecule has 0 saturated heterocycles. The standard InChI is InChI=1S/C17H14F3N3OS.C8H7N/c18-17(19,20)11-3-4-12-13(15(24)22-16-21-5-6-25-16)9-23(14(12)7-11)8-10-1-2-10;1-2-4-8-7(3-1)5-6-9-8/h3-7,9-10H,1-2,8H2,(H,21,22,24);1-6,9H. The number of halogens is 3. The Bertz CT molecular complexity index is 1400. The van der Waals surface area contributed by atoms with Crippen LogP contribution in [-0.2, 0) is 12.7 Å². The van der Waals surface area contributed by atoms with Crippen molar-refractivity contribution < 1.29 is 18.0 Å². The number of fused-ring (bicyclic) bond motifs is 2.